The van der Waals surface area contributed by atoms with Crippen LogP contribution in [0, 0.1) is 12.3 Å². The molecular formula is C14H19NO. The highest BCUT2D eigenvalue weighted by atomic mass is 16.5. The van der Waals surface area contributed by atoms with E-state index in [2.05, 4.69) is 18.2 Å². The summed E-state index contributed by atoms with van der Waals surface area (Å²) < 4.78 is 5.28. The van der Waals surface area contributed by atoms with E-state index in [9.17, 15) is 0 Å². The van der Waals surface area contributed by atoms with Crippen LogP contribution in [0.5, 0.6) is 5.75 Å². The van der Waals surface area contributed by atoms with Gasteiger partial charge in [-0.1, -0.05) is 37.5 Å². The second-order valence-electron chi connectivity index (χ2n) is 3.70. The fraction of sp³-hybridized carbons (Fsp3) is 0.429. The fourth-order valence-corrected chi connectivity index (χ4v) is 1.62. The van der Waals surface area contributed by atoms with Crippen molar-refractivity contribution in [3.8, 4) is 18.1 Å². The van der Waals surface area contributed by atoms with Crippen molar-refractivity contribution in [2.24, 2.45) is 0 Å². The number of terminal acetylenes is 1. The number of hydrogen-bond acceptors (Lipinski definition) is 2. The van der Waals surface area contributed by atoms with E-state index in [0.717, 1.165) is 30.7 Å². The lowest BCUT2D eigenvalue weighted by Crippen LogP contribution is -2.26. The van der Waals surface area contributed by atoms with Gasteiger partial charge in [-0.25, -0.2) is 0 Å². The first kappa shape index (κ1) is 12.6. The van der Waals surface area contributed by atoms with Crippen molar-refractivity contribution in [2.45, 2.75) is 32.4 Å². The predicted molar refractivity (Wildman–Crippen MR) is 67.4 cm³/mol. The average molecular weight is 217 g/mol. The highest BCUT2D eigenvalue weighted by molar-refractivity contribution is 5.33. The molecule has 1 rings (SSSR count). The van der Waals surface area contributed by atoms with Crippen LogP contribution in [0.3, 0.4) is 0 Å². The predicted octanol–water partition coefficient (Wildman–Crippen LogP) is 2.59. The first-order valence-corrected chi connectivity index (χ1v) is 5.63. The summed E-state index contributed by atoms with van der Waals surface area (Å²) >= 11 is 0. The number of ether oxygens (including phenoxy) is 1. The maximum Gasteiger partial charge on any atom is 0.123 e. The molecule has 0 amide bonds. The van der Waals surface area contributed by atoms with Crippen molar-refractivity contribution in [1.82, 2.24) is 5.32 Å². The largest absolute Gasteiger partial charge is 0.496 e. The molecule has 1 aromatic carbocycles. The molecule has 0 aromatic heterocycles. The molecular weight excluding hydrogens is 198 g/mol. The van der Waals surface area contributed by atoms with Crippen LogP contribution in [0.15, 0.2) is 24.3 Å². The second-order valence-corrected chi connectivity index (χ2v) is 3.70. The van der Waals surface area contributed by atoms with Gasteiger partial charge in [0.2, 0.25) is 0 Å². The van der Waals surface area contributed by atoms with Crippen LogP contribution < -0.4 is 10.1 Å². The molecule has 0 bridgehead atoms. The molecule has 0 saturated heterocycles. The van der Waals surface area contributed by atoms with Gasteiger partial charge in [0.1, 0.15) is 5.75 Å². The summed E-state index contributed by atoms with van der Waals surface area (Å²) in [6.45, 7) is 2.88. The van der Waals surface area contributed by atoms with Gasteiger partial charge >= 0.3 is 0 Å². The highest BCUT2D eigenvalue weighted by Gasteiger charge is 2.05. The zero-order valence-corrected chi connectivity index (χ0v) is 9.99. The van der Waals surface area contributed by atoms with E-state index in [1.807, 2.05) is 24.3 Å². The molecule has 0 saturated carbocycles. The van der Waals surface area contributed by atoms with Crippen LogP contribution in [0.1, 0.15) is 25.3 Å². The Morgan fingerprint density at radius 1 is 1.44 bits per heavy atom. The summed E-state index contributed by atoms with van der Waals surface area (Å²) in [7, 11) is 1.68. The van der Waals surface area contributed by atoms with Crippen LogP contribution >= 0.6 is 0 Å². The van der Waals surface area contributed by atoms with Crippen molar-refractivity contribution in [3.63, 3.8) is 0 Å². The Hall–Kier alpha value is -1.46. The number of rotatable bonds is 6. The molecule has 86 valence electrons. The van der Waals surface area contributed by atoms with Gasteiger partial charge in [-0.05, 0) is 12.5 Å². The molecule has 0 fully saturated rings. The van der Waals surface area contributed by atoms with Gasteiger partial charge in [-0.2, -0.15) is 0 Å². The molecule has 16 heavy (non-hydrogen) atoms. The molecule has 1 atom stereocenters. The van der Waals surface area contributed by atoms with Gasteiger partial charge in [-0.15, -0.1) is 6.42 Å². The lowest BCUT2D eigenvalue weighted by molar-refractivity contribution is 0.406. The number of methoxy groups -OCH3 is 1. The van der Waals surface area contributed by atoms with Crippen LogP contribution in [0.25, 0.3) is 0 Å². The SMILES string of the molecule is C#CC(CCC)NCc1ccccc1OC. The third kappa shape index (κ3) is 3.60. The molecule has 1 unspecified atom stereocenters. The second kappa shape index (κ2) is 6.92. The van der Waals surface area contributed by atoms with Crippen molar-refractivity contribution < 1.29 is 4.74 Å². The number of benzene rings is 1. The summed E-state index contributed by atoms with van der Waals surface area (Å²) in [5, 5.41) is 3.35. The summed E-state index contributed by atoms with van der Waals surface area (Å²) in [5.74, 6) is 3.66. The Bertz CT molecular complexity index is 354. The first-order valence-electron chi connectivity index (χ1n) is 5.63. The standard InChI is InChI=1S/C14H19NO/c1-4-8-13(5-2)15-11-12-9-6-7-10-14(12)16-3/h2,6-7,9-10,13,15H,4,8,11H2,1,3H3. The Morgan fingerprint density at radius 2 is 2.19 bits per heavy atom. The summed E-state index contributed by atoms with van der Waals surface area (Å²) in [6, 6.07) is 8.12. The van der Waals surface area contributed by atoms with Crippen LogP contribution in [-0.2, 0) is 6.54 Å². The van der Waals surface area contributed by atoms with E-state index in [1.54, 1.807) is 7.11 Å². The van der Waals surface area contributed by atoms with Crippen LogP contribution in [0.2, 0.25) is 0 Å². The first-order chi connectivity index (χ1) is 7.81. The van der Waals surface area contributed by atoms with E-state index < -0.39 is 0 Å². The molecule has 0 radical (unpaired) electrons. The van der Waals surface area contributed by atoms with Gasteiger partial charge in [-0.3, -0.25) is 5.32 Å². The topological polar surface area (TPSA) is 21.3 Å². The minimum Gasteiger partial charge on any atom is -0.496 e. The maximum atomic E-state index is 5.45. The van der Waals surface area contributed by atoms with E-state index in [1.165, 1.54) is 0 Å². The highest BCUT2D eigenvalue weighted by Crippen LogP contribution is 2.16. The van der Waals surface area contributed by atoms with Crippen molar-refractivity contribution in [1.29, 1.82) is 0 Å². The zero-order valence-electron chi connectivity index (χ0n) is 9.99. The minimum atomic E-state index is 0.148. The van der Waals surface area contributed by atoms with Gasteiger partial charge in [0.25, 0.3) is 0 Å². The lowest BCUT2D eigenvalue weighted by Gasteiger charge is -2.13. The van der Waals surface area contributed by atoms with E-state index >= 15 is 0 Å². The molecule has 1 N–H and O–H groups in total. The van der Waals surface area contributed by atoms with E-state index in [4.69, 9.17) is 11.2 Å². The molecule has 2 nitrogen and oxygen atoms in total. The Kier molecular flexibility index (Phi) is 5.45. The van der Waals surface area contributed by atoms with E-state index in [-0.39, 0.29) is 6.04 Å². The molecule has 1 aromatic rings. The number of para-hydroxylation sites is 1. The Balaban J connectivity index is 2.56. The van der Waals surface area contributed by atoms with Crippen LogP contribution in [0.4, 0.5) is 0 Å². The number of hydrogen-bond donors (Lipinski definition) is 1. The average Bonchev–Trinajstić information content (AvgIpc) is 2.34. The van der Waals surface area contributed by atoms with E-state index in [0.29, 0.717) is 0 Å². The van der Waals surface area contributed by atoms with Gasteiger partial charge < -0.3 is 4.74 Å². The third-order valence-electron chi connectivity index (χ3n) is 2.51. The minimum absolute atomic E-state index is 0.148. The molecule has 0 aliphatic carbocycles. The normalized spacial score (nSPS) is 11.8. The molecule has 0 spiro atoms. The number of nitrogens with one attached hydrogen (secondary N) is 1. The van der Waals surface area contributed by atoms with Gasteiger partial charge in [0.05, 0.1) is 13.2 Å². The molecule has 0 aliphatic heterocycles. The summed E-state index contributed by atoms with van der Waals surface area (Å²) in [6.07, 6.45) is 7.55. The Labute approximate surface area is 98.0 Å². The molecule has 0 aliphatic rings. The van der Waals surface area contributed by atoms with Crippen molar-refractivity contribution in [3.05, 3.63) is 29.8 Å². The zero-order chi connectivity index (χ0) is 11.8. The van der Waals surface area contributed by atoms with Crippen molar-refractivity contribution >= 4 is 0 Å². The van der Waals surface area contributed by atoms with Crippen molar-refractivity contribution in [2.75, 3.05) is 7.11 Å². The maximum absolute atomic E-state index is 5.45. The lowest BCUT2D eigenvalue weighted by atomic mass is 10.1. The third-order valence-corrected chi connectivity index (χ3v) is 2.51. The Morgan fingerprint density at radius 3 is 2.81 bits per heavy atom. The smallest absolute Gasteiger partial charge is 0.123 e. The monoisotopic (exact) mass is 217 g/mol. The summed E-state index contributed by atoms with van der Waals surface area (Å²) in [5.41, 5.74) is 1.14. The van der Waals surface area contributed by atoms with Gasteiger partial charge in [0, 0.05) is 12.1 Å². The molecule has 0 heterocycles. The molecule has 2 heteroatoms. The fourth-order valence-electron chi connectivity index (χ4n) is 1.62. The van der Waals surface area contributed by atoms with Crippen LogP contribution in [-0.4, -0.2) is 13.2 Å². The quantitative estimate of drug-likeness (QED) is 0.739. The summed E-state index contributed by atoms with van der Waals surface area (Å²) in [4.78, 5) is 0. The van der Waals surface area contributed by atoms with Gasteiger partial charge in [0.15, 0.2) is 0 Å².